The minimum Gasteiger partial charge on any atom is -0.486 e. The summed E-state index contributed by atoms with van der Waals surface area (Å²) in [6, 6.07) is 8.65. The molecule has 4 unspecified atom stereocenters. The number of carbonyl (C=O) groups excluding carboxylic acids is 3. The number of halogens is 1. The molecule has 5 heterocycles. The number of hydrogen-bond acceptors (Lipinski definition) is 6. The fraction of sp³-hybridized carbons (Fsp3) is 0.400. The maximum Gasteiger partial charge on any atom is 0.250 e. The first-order chi connectivity index (χ1) is 16.4. The van der Waals surface area contributed by atoms with Crippen molar-refractivity contribution < 1.29 is 23.9 Å². The Balaban J connectivity index is 1.40. The van der Waals surface area contributed by atoms with Crippen molar-refractivity contribution in [1.82, 2.24) is 4.90 Å². The van der Waals surface area contributed by atoms with E-state index >= 15 is 0 Å². The molecule has 1 spiro atoms. The molecule has 8 nitrogen and oxygen atoms in total. The number of amides is 3. The highest BCUT2D eigenvalue weighted by Gasteiger charge is 2.74. The van der Waals surface area contributed by atoms with Gasteiger partial charge in [-0.25, -0.2) is 4.90 Å². The number of nitrogens with one attached hydrogen (secondary N) is 1. The van der Waals surface area contributed by atoms with Gasteiger partial charge in [-0.3, -0.25) is 19.3 Å². The van der Waals surface area contributed by atoms with Crippen LogP contribution in [0.1, 0.15) is 24.0 Å². The molecular formula is C25H22ClN3O5. The van der Waals surface area contributed by atoms with Gasteiger partial charge >= 0.3 is 0 Å². The Morgan fingerprint density at radius 1 is 1.06 bits per heavy atom. The van der Waals surface area contributed by atoms with Gasteiger partial charge in [0, 0.05) is 17.7 Å². The number of fused-ring (bicyclic) bond motifs is 8. The van der Waals surface area contributed by atoms with Gasteiger partial charge in [-0.1, -0.05) is 17.7 Å². The van der Waals surface area contributed by atoms with Gasteiger partial charge in [-0.05, 0) is 50.1 Å². The lowest BCUT2D eigenvalue weighted by Crippen LogP contribution is -2.54. The minimum absolute atomic E-state index is 0.181. The van der Waals surface area contributed by atoms with Crippen LogP contribution in [0.15, 0.2) is 30.3 Å². The highest BCUT2D eigenvalue weighted by molar-refractivity contribution is 6.35. The van der Waals surface area contributed by atoms with Crippen molar-refractivity contribution >= 4 is 40.7 Å². The third-order valence-electron chi connectivity index (χ3n) is 7.98. The van der Waals surface area contributed by atoms with E-state index in [0.717, 1.165) is 18.4 Å². The van der Waals surface area contributed by atoms with E-state index in [1.165, 1.54) is 4.90 Å². The summed E-state index contributed by atoms with van der Waals surface area (Å²) in [4.78, 5) is 45.0. The van der Waals surface area contributed by atoms with Gasteiger partial charge < -0.3 is 14.8 Å². The average molecular weight is 480 g/mol. The molecule has 0 bridgehead atoms. The van der Waals surface area contributed by atoms with E-state index in [2.05, 4.69) is 10.2 Å². The summed E-state index contributed by atoms with van der Waals surface area (Å²) in [5.41, 5.74) is 1.34. The van der Waals surface area contributed by atoms with Gasteiger partial charge in [0.05, 0.1) is 28.2 Å². The molecule has 7 rings (SSSR count). The Morgan fingerprint density at radius 2 is 1.85 bits per heavy atom. The smallest absolute Gasteiger partial charge is 0.250 e. The Kier molecular flexibility index (Phi) is 4.02. The Hall–Kier alpha value is -3.10. The van der Waals surface area contributed by atoms with Crippen LogP contribution in [0.3, 0.4) is 0 Å². The van der Waals surface area contributed by atoms with Crippen LogP contribution in [0.2, 0.25) is 5.02 Å². The van der Waals surface area contributed by atoms with Crippen LogP contribution in [0.5, 0.6) is 11.5 Å². The van der Waals surface area contributed by atoms with Crippen molar-refractivity contribution in [2.24, 2.45) is 11.8 Å². The maximum absolute atomic E-state index is 14.1. The molecule has 0 radical (unpaired) electrons. The maximum atomic E-state index is 14.1. The fourth-order valence-electron chi connectivity index (χ4n) is 6.82. The predicted octanol–water partition coefficient (Wildman–Crippen LogP) is 2.85. The molecule has 3 fully saturated rings. The lowest BCUT2D eigenvalue weighted by atomic mass is 9.75. The molecule has 3 amide bonds. The number of anilines is 2. The molecule has 2 aromatic carbocycles. The van der Waals surface area contributed by atoms with Crippen molar-refractivity contribution in [1.29, 1.82) is 0 Å². The molecule has 2 aromatic rings. The molecule has 1 N–H and O–H groups in total. The van der Waals surface area contributed by atoms with Crippen LogP contribution in [0, 0.1) is 18.8 Å². The highest BCUT2D eigenvalue weighted by Crippen LogP contribution is 2.61. The normalized spacial score (nSPS) is 31.2. The van der Waals surface area contributed by atoms with Gasteiger partial charge in [0.2, 0.25) is 11.8 Å². The number of imide groups is 1. The predicted molar refractivity (Wildman–Crippen MR) is 123 cm³/mol. The summed E-state index contributed by atoms with van der Waals surface area (Å²) in [5.74, 6) is -1.23. The van der Waals surface area contributed by atoms with Crippen molar-refractivity contribution in [3.8, 4) is 11.5 Å². The second kappa shape index (κ2) is 6.73. The number of nitrogens with zero attached hydrogens (tertiary/aromatic N) is 2. The largest absolute Gasteiger partial charge is 0.486 e. The molecule has 0 aromatic heterocycles. The summed E-state index contributed by atoms with van der Waals surface area (Å²) in [6.07, 6.45) is 1.63. The SMILES string of the molecule is Cc1cc(Cl)c2c(c1)C1(C(=O)N2)C2C(=O)N(c3ccc4c(c3)OCCO4)C(=O)C2C2CCCN21. The van der Waals surface area contributed by atoms with E-state index in [4.69, 9.17) is 21.1 Å². The highest BCUT2D eigenvalue weighted by atomic mass is 35.5. The van der Waals surface area contributed by atoms with Gasteiger partial charge in [0.25, 0.3) is 5.91 Å². The minimum atomic E-state index is -1.24. The molecule has 34 heavy (non-hydrogen) atoms. The molecule has 0 saturated carbocycles. The molecule has 5 aliphatic rings. The number of aryl methyl sites for hydroxylation is 1. The molecule has 9 heteroatoms. The summed E-state index contributed by atoms with van der Waals surface area (Å²) in [7, 11) is 0. The van der Waals surface area contributed by atoms with Crippen molar-refractivity contribution in [3.05, 3.63) is 46.5 Å². The van der Waals surface area contributed by atoms with Crippen molar-refractivity contribution in [3.63, 3.8) is 0 Å². The third kappa shape index (κ3) is 2.30. The Bertz CT molecular complexity index is 1310. The Labute approximate surface area is 200 Å². The number of hydrogen-bond donors (Lipinski definition) is 1. The van der Waals surface area contributed by atoms with Crippen molar-refractivity contribution in [2.75, 3.05) is 30.0 Å². The van der Waals surface area contributed by atoms with E-state index in [9.17, 15) is 14.4 Å². The van der Waals surface area contributed by atoms with E-state index < -0.39 is 17.4 Å². The van der Waals surface area contributed by atoms with Gasteiger partial charge in [-0.15, -0.1) is 0 Å². The third-order valence-corrected chi connectivity index (χ3v) is 8.28. The summed E-state index contributed by atoms with van der Waals surface area (Å²) < 4.78 is 11.3. The summed E-state index contributed by atoms with van der Waals surface area (Å²) in [5, 5.41) is 3.40. The summed E-state index contributed by atoms with van der Waals surface area (Å²) >= 11 is 6.52. The van der Waals surface area contributed by atoms with E-state index in [0.29, 0.717) is 53.2 Å². The van der Waals surface area contributed by atoms with E-state index in [-0.39, 0.29) is 23.8 Å². The second-order valence-corrected chi connectivity index (χ2v) is 10.0. The standard InChI is InChI=1S/C25H22ClN3O5/c1-12-9-14-21(15(26)10-12)27-24(32)25(14)20-19(16-3-2-6-28(16)25)22(30)29(23(20)31)13-4-5-17-18(11-13)34-8-7-33-17/h4-5,9-11,16,19-20H,2-3,6-8H2,1H3,(H,27,32). The molecule has 5 aliphatic heterocycles. The van der Waals surface area contributed by atoms with E-state index in [1.807, 2.05) is 13.0 Å². The monoisotopic (exact) mass is 479 g/mol. The van der Waals surface area contributed by atoms with Crippen LogP contribution in [-0.4, -0.2) is 48.4 Å². The molecule has 3 saturated heterocycles. The van der Waals surface area contributed by atoms with Gasteiger partial charge in [0.15, 0.2) is 11.5 Å². The fourth-order valence-corrected chi connectivity index (χ4v) is 7.14. The first-order valence-corrected chi connectivity index (χ1v) is 12.0. The second-order valence-electron chi connectivity index (χ2n) is 9.64. The zero-order chi connectivity index (χ0) is 23.4. The molecule has 0 aliphatic carbocycles. The number of carbonyl (C=O) groups is 3. The lowest BCUT2D eigenvalue weighted by molar-refractivity contribution is -0.135. The average Bonchev–Trinajstić information content (AvgIpc) is 3.52. The van der Waals surface area contributed by atoms with Crippen LogP contribution in [-0.2, 0) is 19.9 Å². The Morgan fingerprint density at radius 3 is 2.68 bits per heavy atom. The van der Waals surface area contributed by atoms with Crippen LogP contribution in [0.4, 0.5) is 11.4 Å². The number of ether oxygens (including phenoxy) is 2. The van der Waals surface area contributed by atoms with Gasteiger partial charge in [-0.2, -0.15) is 0 Å². The zero-order valence-corrected chi connectivity index (χ0v) is 19.2. The van der Waals surface area contributed by atoms with Crippen LogP contribution in [0.25, 0.3) is 0 Å². The van der Waals surface area contributed by atoms with Crippen LogP contribution < -0.4 is 19.7 Å². The topological polar surface area (TPSA) is 88.2 Å². The number of rotatable bonds is 1. The molecule has 174 valence electrons. The lowest BCUT2D eigenvalue weighted by Gasteiger charge is -2.36. The quantitative estimate of drug-likeness (QED) is 0.633. The van der Waals surface area contributed by atoms with Crippen LogP contribution >= 0.6 is 11.6 Å². The van der Waals surface area contributed by atoms with Gasteiger partial charge in [0.1, 0.15) is 18.8 Å². The number of benzene rings is 2. The summed E-state index contributed by atoms with van der Waals surface area (Å²) in [6.45, 7) is 3.43. The van der Waals surface area contributed by atoms with Crippen molar-refractivity contribution in [2.45, 2.75) is 31.3 Å². The zero-order valence-electron chi connectivity index (χ0n) is 18.5. The van der Waals surface area contributed by atoms with E-state index in [1.54, 1.807) is 24.3 Å². The molecule has 4 atom stereocenters. The first kappa shape index (κ1) is 20.3. The first-order valence-electron chi connectivity index (χ1n) is 11.6. The molecular weight excluding hydrogens is 458 g/mol.